The van der Waals surface area contributed by atoms with Crippen LogP contribution in [0.2, 0.25) is 0 Å². The van der Waals surface area contributed by atoms with Gasteiger partial charge in [0.05, 0.1) is 18.9 Å². The van der Waals surface area contributed by atoms with E-state index in [1.807, 2.05) is 11.8 Å². The summed E-state index contributed by atoms with van der Waals surface area (Å²) in [6, 6.07) is 0. The minimum atomic E-state index is 0.0437. The van der Waals surface area contributed by atoms with E-state index >= 15 is 0 Å². The average molecular weight is 307 g/mol. The lowest BCUT2D eigenvalue weighted by molar-refractivity contribution is 0.00851. The molecule has 2 aliphatic rings. The molecule has 1 unspecified atom stereocenters. The fraction of sp³-hybridized carbons (Fsp3) is 0.750. The predicted molar refractivity (Wildman–Crippen MR) is 81.9 cm³/mol. The third-order valence-electron chi connectivity index (χ3n) is 4.83. The smallest absolute Gasteiger partial charge is 0.259 e. The van der Waals surface area contributed by atoms with Crippen LogP contribution in [0, 0.1) is 19.3 Å². The molecule has 2 saturated heterocycles. The Kier molecular flexibility index (Phi) is 4.23. The van der Waals surface area contributed by atoms with Crippen molar-refractivity contribution in [3.63, 3.8) is 0 Å². The highest BCUT2D eigenvalue weighted by Gasteiger charge is 2.40. The molecular formula is C16H25N3O3. The highest BCUT2D eigenvalue weighted by molar-refractivity contribution is 5.96. The fourth-order valence-electron chi connectivity index (χ4n) is 3.78. The summed E-state index contributed by atoms with van der Waals surface area (Å²) >= 11 is 0. The zero-order valence-corrected chi connectivity index (χ0v) is 13.7. The monoisotopic (exact) mass is 307 g/mol. The van der Waals surface area contributed by atoms with E-state index in [1.165, 1.54) is 0 Å². The standard InChI is InChI=1S/C16H25N3O3/c1-12-14(13(2)22-17-12)15(20)19-6-4-5-16(10-19)9-18(3)7-8-21-11-16/h4-11H2,1-3H3. The molecular weight excluding hydrogens is 282 g/mol. The molecule has 6 nitrogen and oxygen atoms in total. The number of ether oxygens (including phenoxy) is 1. The lowest BCUT2D eigenvalue weighted by Crippen LogP contribution is -2.51. The second-order valence-electron chi connectivity index (χ2n) is 6.82. The Labute approximate surface area is 131 Å². The zero-order valence-electron chi connectivity index (χ0n) is 13.7. The lowest BCUT2D eigenvalue weighted by atomic mass is 9.80. The van der Waals surface area contributed by atoms with Crippen LogP contribution in [0.3, 0.4) is 0 Å². The summed E-state index contributed by atoms with van der Waals surface area (Å²) in [5, 5.41) is 3.91. The minimum Gasteiger partial charge on any atom is -0.379 e. The van der Waals surface area contributed by atoms with Crippen molar-refractivity contribution in [3.05, 3.63) is 17.0 Å². The summed E-state index contributed by atoms with van der Waals surface area (Å²) in [5.41, 5.74) is 1.36. The molecule has 22 heavy (non-hydrogen) atoms. The molecule has 1 spiro atoms. The molecule has 3 heterocycles. The van der Waals surface area contributed by atoms with Gasteiger partial charge >= 0.3 is 0 Å². The number of amides is 1. The fourth-order valence-corrected chi connectivity index (χ4v) is 3.78. The second-order valence-corrected chi connectivity index (χ2v) is 6.82. The molecule has 2 fully saturated rings. The second kappa shape index (κ2) is 6.01. The number of aromatic nitrogens is 1. The van der Waals surface area contributed by atoms with Crippen LogP contribution < -0.4 is 0 Å². The normalized spacial score (nSPS) is 27.1. The molecule has 0 radical (unpaired) electrons. The third-order valence-corrected chi connectivity index (χ3v) is 4.83. The Balaban J connectivity index is 1.79. The topological polar surface area (TPSA) is 58.8 Å². The number of carbonyl (C=O) groups excluding carboxylic acids is 1. The first-order chi connectivity index (χ1) is 10.5. The van der Waals surface area contributed by atoms with Crippen LogP contribution in [0.5, 0.6) is 0 Å². The van der Waals surface area contributed by atoms with Gasteiger partial charge in [0, 0.05) is 31.6 Å². The molecule has 0 N–H and O–H groups in total. The molecule has 3 rings (SSSR count). The van der Waals surface area contributed by atoms with Crippen molar-refractivity contribution in [2.45, 2.75) is 26.7 Å². The maximum Gasteiger partial charge on any atom is 0.259 e. The van der Waals surface area contributed by atoms with Crippen molar-refractivity contribution >= 4 is 5.91 Å². The first-order valence-electron chi connectivity index (χ1n) is 7.99. The first kappa shape index (κ1) is 15.5. The van der Waals surface area contributed by atoms with Crippen molar-refractivity contribution in [3.8, 4) is 0 Å². The molecule has 1 aromatic rings. The van der Waals surface area contributed by atoms with Gasteiger partial charge in [0.2, 0.25) is 0 Å². The van der Waals surface area contributed by atoms with Gasteiger partial charge in [0.15, 0.2) is 0 Å². The summed E-state index contributed by atoms with van der Waals surface area (Å²) < 4.78 is 11.0. The number of likely N-dealkylation sites (N-methyl/N-ethyl adjacent to an activating group) is 1. The van der Waals surface area contributed by atoms with E-state index < -0.39 is 0 Å². The van der Waals surface area contributed by atoms with Gasteiger partial charge in [-0.1, -0.05) is 5.16 Å². The summed E-state index contributed by atoms with van der Waals surface area (Å²) in [7, 11) is 2.13. The summed E-state index contributed by atoms with van der Waals surface area (Å²) in [4.78, 5) is 17.1. The molecule has 1 amide bonds. The van der Waals surface area contributed by atoms with Gasteiger partial charge in [-0.05, 0) is 33.7 Å². The van der Waals surface area contributed by atoms with Crippen molar-refractivity contribution in [2.75, 3.05) is 46.4 Å². The molecule has 0 aliphatic carbocycles. The molecule has 1 aromatic heterocycles. The van der Waals surface area contributed by atoms with Crippen LogP contribution in [0.15, 0.2) is 4.52 Å². The quantitative estimate of drug-likeness (QED) is 0.786. The lowest BCUT2D eigenvalue weighted by Gasteiger charge is -2.43. The third kappa shape index (κ3) is 2.90. The molecule has 1 atom stereocenters. The van der Waals surface area contributed by atoms with Gasteiger partial charge in [0.25, 0.3) is 5.91 Å². The highest BCUT2D eigenvalue weighted by Crippen LogP contribution is 2.33. The Morgan fingerprint density at radius 1 is 1.27 bits per heavy atom. The number of hydrogen-bond acceptors (Lipinski definition) is 5. The number of aryl methyl sites for hydroxylation is 2. The van der Waals surface area contributed by atoms with Crippen LogP contribution in [0.25, 0.3) is 0 Å². The summed E-state index contributed by atoms with van der Waals surface area (Å²) in [6.45, 7) is 8.63. The van der Waals surface area contributed by atoms with E-state index in [1.54, 1.807) is 6.92 Å². The Morgan fingerprint density at radius 2 is 2.09 bits per heavy atom. The van der Waals surface area contributed by atoms with E-state index in [0.717, 1.165) is 52.2 Å². The highest BCUT2D eigenvalue weighted by atomic mass is 16.5. The molecule has 0 bridgehead atoms. The van der Waals surface area contributed by atoms with E-state index in [0.29, 0.717) is 17.0 Å². The van der Waals surface area contributed by atoms with Crippen molar-refractivity contribution in [2.24, 2.45) is 5.41 Å². The summed E-state index contributed by atoms with van der Waals surface area (Å²) in [6.07, 6.45) is 2.13. The van der Waals surface area contributed by atoms with E-state index in [9.17, 15) is 4.79 Å². The molecule has 2 aliphatic heterocycles. The Bertz CT molecular complexity index is 537. The van der Waals surface area contributed by atoms with Crippen LogP contribution >= 0.6 is 0 Å². The number of carbonyl (C=O) groups is 1. The van der Waals surface area contributed by atoms with Crippen LogP contribution in [-0.2, 0) is 4.74 Å². The van der Waals surface area contributed by atoms with Gasteiger partial charge < -0.3 is 19.1 Å². The van der Waals surface area contributed by atoms with Gasteiger partial charge in [-0.25, -0.2) is 0 Å². The van der Waals surface area contributed by atoms with Gasteiger partial charge in [-0.15, -0.1) is 0 Å². The van der Waals surface area contributed by atoms with Crippen LogP contribution in [0.4, 0.5) is 0 Å². The Morgan fingerprint density at radius 3 is 2.82 bits per heavy atom. The molecule has 0 saturated carbocycles. The van der Waals surface area contributed by atoms with E-state index in [4.69, 9.17) is 9.26 Å². The van der Waals surface area contributed by atoms with E-state index in [-0.39, 0.29) is 11.3 Å². The Hall–Kier alpha value is -1.40. The maximum atomic E-state index is 12.9. The number of likely N-dealkylation sites (tertiary alicyclic amines) is 1. The average Bonchev–Trinajstić information content (AvgIpc) is 2.71. The first-order valence-corrected chi connectivity index (χ1v) is 7.99. The maximum absolute atomic E-state index is 12.9. The molecule has 0 aromatic carbocycles. The number of nitrogens with zero attached hydrogens (tertiary/aromatic N) is 3. The number of rotatable bonds is 1. The van der Waals surface area contributed by atoms with Gasteiger partial charge in [-0.2, -0.15) is 0 Å². The van der Waals surface area contributed by atoms with Crippen molar-refractivity contribution in [1.82, 2.24) is 15.0 Å². The van der Waals surface area contributed by atoms with Crippen LogP contribution in [0.1, 0.15) is 34.7 Å². The van der Waals surface area contributed by atoms with Crippen molar-refractivity contribution < 1.29 is 14.1 Å². The number of hydrogen-bond donors (Lipinski definition) is 0. The zero-order chi connectivity index (χ0) is 15.7. The van der Waals surface area contributed by atoms with Gasteiger partial charge in [-0.3, -0.25) is 4.79 Å². The minimum absolute atomic E-state index is 0.0437. The SMILES string of the molecule is Cc1noc(C)c1C(=O)N1CCCC2(COCCN(C)C2)C1. The van der Waals surface area contributed by atoms with Gasteiger partial charge in [0.1, 0.15) is 11.3 Å². The van der Waals surface area contributed by atoms with E-state index in [2.05, 4.69) is 17.1 Å². The predicted octanol–water partition coefficient (Wildman–Crippen LogP) is 1.48. The molecule has 6 heteroatoms. The van der Waals surface area contributed by atoms with Crippen LogP contribution in [-0.4, -0.2) is 67.3 Å². The summed E-state index contributed by atoms with van der Waals surface area (Å²) in [5.74, 6) is 0.651. The van der Waals surface area contributed by atoms with Crippen molar-refractivity contribution in [1.29, 1.82) is 0 Å². The largest absolute Gasteiger partial charge is 0.379 e. The molecule has 122 valence electrons. The number of piperidine rings is 1.